The lowest BCUT2D eigenvalue weighted by Crippen LogP contribution is -2.05. The van der Waals surface area contributed by atoms with Gasteiger partial charge in [-0.05, 0) is 40.2 Å². The molecule has 0 radical (unpaired) electrons. The van der Waals surface area contributed by atoms with Gasteiger partial charge in [-0.3, -0.25) is 0 Å². The van der Waals surface area contributed by atoms with E-state index in [2.05, 4.69) is 15.9 Å². The van der Waals surface area contributed by atoms with Crippen molar-refractivity contribution < 1.29 is 9.90 Å². The number of benzene rings is 1. The fourth-order valence-corrected chi connectivity index (χ4v) is 1.89. The number of carboxylic acid groups (broad SMARTS) is 1. The molecule has 2 rings (SSSR count). The topological polar surface area (TPSA) is 42.2 Å². The molecule has 15 heavy (non-hydrogen) atoms. The number of hydrogen-bond donors (Lipinski definition) is 1. The molecule has 0 bridgehead atoms. The van der Waals surface area contributed by atoms with E-state index in [4.69, 9.17) is 5.11 Å². The van der Waals surface area contributed by atoms with Crippen LogP contribution in [0.2, 0.25) is 0 Å². The second-order valence-electron chi connectivity index (χ2n) is 3.02. The number of aromatic carboxylic acids is 1. The monoisotopic (exact) mass is 265 g/mol. The average Bonchev–Trinajstić information content (AvgIpc) is 2.67. The van der Waals surface area contributed by atoms with Gasteiger partial charge in [-0.1, -0.05) is 12.1 Å². The Kier molecular flexibility index (Phi) is 2.60. The van der Waals surface area contributed by atoms with Crippen LogP contribution in [0, 0.1) is 0 Å². The molecule has 2 aromatic rings. The maximum atomic E-state index is 10.9. The third-order valence-corrected chi connectivity index (χ3v) is 2.75. The number of aromatic nitrogens is 1. The van der Waals surface area contributed by atoms with Crippen molar-refractivity contribution in [3.63, 3.8) is 0 Å². The summed E-state index contributed by atoms with van der Waals surface area (Å²) in [4.78, 5) is 10.9. The number of nitrogens with zero attached hydrogens (tertiary/aromatic N) is 1. The minimum absolute atomic E-state index is 0.252. The molecular weight excluding hydrogens is 258 g/mol. The molecule has 1 heterocycles. The standard InChI is InChI=1S/C11H8BrNO2/c12-8-4-1-2-5-9(8)13-7-3-6-10(13)11(14)15/h1-7H,(H,14,15). The van der Waals surface area contributed by atoms with Crippen LogP contribution < -0.4 is 0 Å². The van der Waals surface area contributed by atoms with E-state index in [0.717, 1.165) is 10.2 Å². The molecule has 0 saturated heterocycles. The summed E-state index contributed by atoms with van der Waals surface area (Å²) in [6, 6.07) is 10.8. The molecule has 0 saturated carbocycles. The summed E-state index contributed by atoms with van der Waals surface area (Å²) in [7, 11) is 0. The van der Waals surface area contributed by atoms with Crippen molar-refractivity contribution in [1.29, 1.82) is 0 Å². The van der Waals surface area contributed by atoms with Crippen molar-refractivity contribution in [2.75, 3.05) is 0 Å². The largest absolute Gasteiger partial charge is 0.477 e. The second-order valence-corrected chi connectivity index (χ2v) is 3.87. The van der Waals surface area contributed by atoms with E-state index in [1.807, 2.05) is 24.3 Å². The van der Waals surface area contributed by atoms with Crippen LogP contribution in [0.5, 0.6) is 0 Å². The Bertz CT molecular complexity index is 505. The van der Waals surface area contributed by atoms with Crippen molar-refractivity contribution in [2.45, 2.75) is 0 Å². The molecule has 1 aromatic carbocycles. The van der Waals surface area contributed by atoms with E-state index in [-0.39, 0.29) is 5.69 Å². The highest BCUT2D eigenvalue weighted by atomic mass is 79.9. The summed E-state index contributed by atoms with van der Waals surface area (Å²) in [5, 5.41) is 8.97. The molecule has 0 amide bonds. The Hall–Kier alpha value is -1.55. The molecule has 4 heteroatoms. The SMILES string of the molecule is O=C(O)c1cccn1-c1ccccc1Br. The Balaban J connectivity index is 2.59. The number of rotatable bonds is 2. The van der Waals surface area contributed by atoms with Crippen LogP contribution in [0.1, 0.15) is 10.5 Å². The molecule has 0 fully saturated rings. The number of halogens is 1. The Morgan fingerprint density at radius 2 is 1.93 bits per heavy atom. The normalized spacial score (nSPS) is 10.2. The second kappa shape index (κ2) is 3.90. The predicted molar refractivity (Wildman–Crippen MR) is 60.4 cm³/mol. The van der Waals surface area contributed by atoms with Crippen LogP contribution in [0.4, 0.5) is 0 Å². The van der Waals surface area contributed by atoms with Gasteiger partial charge in [0.1, 0.15) is 5.69 Å². The van der Waals surface area contributed by atoms with Crippen LogP contribution in [-0.2, 0) is 0 Å². The van der Waals surface area contributed by atoms with Crippen LogP contribution in [0.25, 0.3) is 5.69 Å². The molecule has 0 aliphatic rings. The van der Waals surface area contributed by atoms with Gasteiger partial charge < -0.3 is 9.67 Å². The quantitative estimate of drug-likeness (QED) is 0.908. The smallest absolute Gasteiger partial charge is 0.352 e. The van der Waals surface area contributed by atoms with Gasteiger partial charge in [0.15, 0.2) is 0 Å². The molecule has 1 aromatic heterocycles. The fraction of sp³-hybridized carbons (Fsp3) is 0. The van der Waals surface area contributed by atoms with Gasteiger partial charge in [-0.25, -0.2) is 4.79 Å². The third kappa shape index (κ3) is 1.80. The molecule has 0 aliphatic heterocycles. The Labute approximate surface area is 95.1 Å². The average molecular weight is 266 g/mol. The van der Waals surface area contributed by atoms with E-state index >= 15 is 0 Å². The van der Waals surface area contributed by atoms with Crippen molar-refractivity contribution in [3.05, 3.63) is 52.8 Å². The lowest BCUT2D eigenvalue weighted by atomic mass is 10.3. The number of hydrogen-bond acceptors (Lipinski definition) is 1. The first-order chi connectivity index (χ1) is 7.20. The minimum atomic E-state index is -0.934. The molecule has 0 unspecified atom stereocenters. The van der Waals surface area contributed by atoms with E-state index in [1.54, 1.807) is 22.9 Å². The first-order valence-electron chi connectivity index (χ1n) is 4.35. The van der Waals surface area contributed by atoms with Crippen LogP contribution in [-0.4, -0.2) is 15.6 Å². The zero-order chi connectivity index (χ0) is 10.8. The Morgan fingerprint density at radius 1 is 1.20 bits per heavy atom. The minimum Gasteiger partial charge on any atom is -0.477 e. The molecule has 3 nitrogen and oxygen atoms in total. The van der Waals surface area contributed by atoms with E-state index in [0.29, 0.717) is 0 Å². The molecular formula is C11H8BrNO2. The first kappa shape index (κ1) is 9.98. The van der Waals surface area contributed by atoms with Gasteiger partial charge in [-0.15, -0.1) is 0 Å². The zero-order valence-electron chi connectivity index (χ0n) is 7.72. The van der Waals surface area contributed by atoms with Gasteiger partial charge in [0.05, 0.1) is 5.69 Å². The molecule has 0 atom stereocenters. The number of carbonyl (C=O) groups is 1. The van der Waals surface area contributed by atoms with Crippen molar-refractivity contribution in [3.8, 4) is 5.69 Å². The van der Waals surface area contributed by atoms with Crippen molar-refractivity contribution in [2.24, 2.45) is 0 Å². The summed E-state index contributed by atoms with van der Waals surface area (Å²) in [5.74, 6) is -0.934. The van der Waals surface area contributed by atoms with Gasteiger partial charge in [0.25, 0.3) is 0 Å². The van der Waals surface area contributed by atoms with Crippen molar-refractivity contribution in [1.82, 2.24) is 4.57 Å². The Morgan fingerprint density at radius 3 is 2.60 bits per heavy atom. The maximum Gasteiger partial charge on any atom is 0.352 e. The van der Waals surface area contributed by atoms with Gasteiger partial charge in [0, 0.05) is 10.7 Å². The van der Waals surface area contributed by atoms with Crippen LogP contribution in [0.15, 0.2) is 47.1 Å². The highest BCUT2D eigenvalue weighted by Gasteiger charge is 2.11. The molecule has 1 N–H and O–H groups in total. The fourth-order valence-electron chi connectivity index (χ4n) is 1.41. The van der Waals surface area contributed by atoms with Crippen LogP contribution >= 0.6 is 15.9 Å². The summed E-state index contributed by atoms with van der Waals surface area (Å²) in [5.41, 5.74) is 1.07. The van der Waals surface area contributed by atoms with E-state index in [1.165, 1.54) is 0 Å². The number of carboxylic acids is 1. The lowest BCUT2D eigenvalue weighted by molar-refractivity contribution is 0.0688. The lowest BCUT2D eigenvalue weighted by Gasteiger charge is -2.07. The van der Waals surface area contributed by atoms with Gasteiger partial charge in [-0.2, -0.15) is 0 Å². The number of para-hydroxylation sites is 1. The third-order valence-electron chi connectivity index (χ3n) is 2.08. The van der Waals surface area contributed by atoms with Gasteiger partial charge >= 0.3 is 5.97 Å². The van der Waals surface area contributed by atoms with E-state index in [9.17, 15) is 4.79 Å². The highest BCUT2D eigenvalue weighted by molar-refractivity contribution is 9.10. The summed E-state index contributed by atoms with van der Waals surface area (Å²) >= 11 is 3.39. The van der Waals surface area contributed by atoms with E-state index < -0.39 is 5.97 Å². The summed E-state index contributed by atoms with van der Waals surface area (Å²) in [6.07, 6.45) is 1.73. The van der Waals surface area contributed by atoms with Crippen molar-refractivity contribution >= 4 is 21.9 Å². The summed E-state index contributed by atoms with van der Waals surface area (Å²) in [6.45, 7) is 0. The molecule has 0 spiro atoms. The maximum absolute atomic E-state index is 10.9. The van der Waals surface area contributed by atoms with Gasteiger partial charge in [0.2, 0.25) is 0 Å². The molecule has 0 aliphatic carbocycles. The van der Waals surface area contributed by atoms with Crippen LogP contribution in [0.3, 0.4) is 0 Å². The zero-order valence-corrected chi connectivity index (χ0v) is 9.31. The highest BCUT2D eigenvalue weighted by Crippen LogP contribution is 2.22. The molecule has 76 valence electrons. The summed E-state index contributed by atoms with van der Waals surface area (Å²) < 4.78 is 2.50. The predicted octanol–water partition coefficient (Wildman–Crippen LogP) is 2.94. The first-order valence-corrected chi connectivity index (χ1v) is 5.15.